The molecule has 2 saturated heterocycles. The zero-order chi connectivity index (χ0) is 17.3. The molecule has 2 aliphatic heterocycles. The van der Waals surface area contributed by atoms with Crippen molar-refractivity contribution in [2.24, 2.45) is 17.8 Å². The minimum Gasteiger partial charge on any atom is -0.316 e. The third-order valence-corrected chi connectivity index (χ3v) is 7.54. The lowest BCUT2D eigenvalue weighted by atomic mass is 9.89. The van der Waals surface area contributed by atoms with E-state index in [1.165, 1.54) is 76.8 Å². The van der Waals surface area contributed by atoms with E-state index < -0.39 is 0 Å². The van der Waals surface area contributed by atoms with Gasteiger partial charge in [-0.15, -0.1) is 0 Å². The number of nitrogens with zero attached hydrogens (tertiary/aromatic N) is 2. The molecule has 26 heavy (non-hydrogen) atoms. The molecule has 0 radical (unpaired) electrons. The van der Waals surface area contributed by atoms with Crippen molar-refractivity contribution in [3.05, 3.63) is 35.9 Å². The van der Waals surface area contributed by atoms with Crippen molar-refractivity contribution in [3.8, 4) is 0 Å². The molecule has 0 amide bonds. The molecular formula is C23H35N3. The van der Waals surface area contributed by atoms with Gasteiger partial charge in [0.05, 0.1) is 0 Å². The molecule has 1 aromatic carbocycles. The van der Waals surface area contributed by atoms with Crippen LogP contribution in [-0.2, 0) is 6.54 Å². The highest BCUT2D eigenvalue weighted by Gasteiger charge is 2.43. The second-order valence-electron chi connectivity index (χ2n) is 9.37. The van der Waals surface area contributed by atoms with Gasteiger partial charge in [0.15, 0.2) is 0 Å². The summed E-state index contributed by atoms with van der Waals surface area (Å²) in [5, 5.41) is 3.66. The Balaban J connectivity index is 1.21. The van der Waals surface area contributed by atoms with Gasteiger partial charge in [-0.05, 0) is 88.0 Å². The number of benzene rings is 1. The van der Waals surface area contributed by atoms with Crippen LogP contribution in [0.3, 0.4) is 0 Å². The van der Waals surface area contributed by atoms with E-state index in [4.69, 9.17) is 0 Å². The van der Waals surface area contributed by atoms with Crippen LogP contribution in [0.1, 0.15) is 44.1 Å². The Morgan fingerprint density at radius 2 is 1.58 bits per heavy atom. The van der Waals surface area contributed by atoms with Crippen LogP contribution in [0.15, 0.2) is 30.3 Å². The second-order valence-corrected chi connectivity index (χ2v) is 9.37. The molecule has 3 nitrogen and oxygen atoms in total. The highest BCUT2D eigenvalue weighted by atomic mass is 15.2. The number of hydrogen-bond acceptors (Lipinski definition) is 3. The smallest absolute Gasteiger partial charge is 0.0236 e. The molecule has 2 saturated carbocycles. The first-order valence-corrected chi connectivity index (χ1v) is 11.1. The fourth-order valence-electron chi connectivity index (χ4n) is 5.99. The van der Waals surface area contributed by atoms with E-state index in [-0.39, 0.29) is 0 Å². The Bertz CT molecular complexity index is 560. The van der Waals surface area contributed by atoms with Crippen LogP contribution in [0.5, 0.6) is 0 Å². The Labute approximate surface area is 159 Å². The zero-order valence-electron chi connectivity index (χ0n) is 16.2. The van der Waals surface area contributed by atoms with Gasteiger partial charge in [-0.25, -0.2) is 0 Å². The van der Waals surface area contributed by atoms with E-state index >= 15 is 0 Å². The van der Waals surface area contributed by atoms with E-state index in [2.05, 4.69) is 45.4 Å². The van der Waals surface area contributed by atoms with E-state index in [1.807, 2.05) is 0 Å². The van der Waals surface area contributed by atoms with Crippen LogP contribution in [0.4, 0.5) is 0 Å². The number of likely N-dealkylation sites (tertiary alicyclic amines) is 1. The summed E-state index contributed by atoms with van der Waals surface area (Å²) in [5.74, 6) is 2.84. The molecule has 5 rings (SSSR count). The number of piperidine rings is 2. The minimum absolute atomic E-state index is 0.798. The van der Waals surface area contributed by atoms with Crippen molar-refractivity contribution < 1.29 is 0 Å². The van der Waals surface area contributed by atoms with E-state index in [0.717, 1.165) is 36.4 Å². The highest BCUT2D eigenvalue weighted by Crippen LogP contribution is 2.39. The van der Waals surface area contributed by atoms with Gasteiger partial charge in [0.1, 0.15) is 0 Å². The molecule has 142 valence electrons. The van der Waals surface area contributed by atoms with E-state index in [1.54, 1.807) is 0 Å². The maximum Gasteiger partial charge on any atom is 0.0236 e. The number of rotatable bonds is 6. The molecule has 2 heterocycles. The molecule has 0 aromatic heterocycles. The predicted octanol–water partition coefficient (Wildman–Crippen LogP) is 3.36. The topological polar surface area (TPSA) is 18.5 Å². The van der Waals surface area contributed by atoms with Crippen LogP contribution < -0.4 is 5.32 Å². The van der Waals surface area contributed by atoms with Crippen molar-refractivity contribution >= 4 is 0 Å². The van der Waals surface area contributed by atoms with Gasteiger partial charge >= 0.3 is 0 Å². The van der Waals surface area contributed by atoms with Crippen molar-refractivity contribution in [3.63, 3.8) is 0 Å². The van der Waals surface area contributed by atoms with Gasteiger partial charge in [0.25, 0.3) is 0 Å². The summed E-state index contributed by atoms with van der Waals surface area (Å²) in [4.78, 5) is 5.72. The maximum absolute atomic E-state index is 3.66. The van der Waals surface area contributed by atoms with Gasteiger partial charge in [0, 0.05) is 25.2 Å². The monoisotopic (exact) mass is 353 g/mol. The molecule has 2 aliphatic carbocycles. The van der Waals surface area contributed by atoms with Crippen molar-refractivity contribution in [2.75, 3.05) is 32.7 Å². The van der Waals surface area contributed by atoms with Crippen LogP contribution in [0, 0.1) is 17.8 Å². The lowest BCUT2D eigenvalue weighted by Gasteiger charge is -2.45. The van der Waals surface area contributed by atoms with Gasteiger partial charge in [-0.2, -0.15) is 0 Å². The summed E-state index contributed by atoms with van der Waals surface area (Å²) in [5.41, 5.74) is 1.49. The molecule has 2 bridgehead atoms. The maximum atomic E-state index is 3.66. The summed E-state index contributed by atoms with van der Waals surface area (Å²) in [7, 11) is 0. The fraction of sp³-hybridized carbons (Fsp3) is 0.739. The molecule has 1 N–H and O–H groups in total. The molecule has 4 fully saturated rings. The first kappa shape index (κ1) is 17.2. The second kappa shape index (κ2) is 7.61. The lowest BCUT2D eigenvalue weighted by Crippen LogP contribution is -2.55. The molecule has 4 aliphatic rings. The normalized spacial score (nSPS) is 33.0. The SMILES string of the molecule is c1ccc(CN(CC2CC2)C2CCN(C3[C@@H]4CC[C@H]3CNC4)CC2)cc1. The van der Waals surface area contributed by atoms with Crippen molar-refractivity contribution in [1.82, 2.24) is 15.1 Å². The van der Waals surface area contributed by atoms with Crippen molar-refractivity contribution in [1.29, 1.82) is 0 Å². The molecule has 0 spiro atoms. The number of hydrogen-bond donors (Lipinski definition) is 1. The summed E-state index contributed by atoms with van der Waals surface area (Å²) in [6.07, 6.45) is 8.60. The van der Waals surface area contributed by atoms with Gasteiger partial charge in [0.2, 0.25) is 0 Å². The molecular weight excluding hydrogens is 318 g/mol. The molecule has 1 unspecified atom stereocenters. The van der Waals surface area contributed by atoms with Gasteiger partial charge < -0.3 is 5.32 Å². The first-order chi connectivity index (χ1) is 12.9. The largest absolute Gasteiger partial charge is 0.316 e. The first-order valence-electron chi connectivity index (χ1n) is 11.1. The summed E-state index contributed by atoms with van der Waals surface area (Å²) in [6.45, 7) is 7.68. The van der Waals surface area contributed by atoms with Crippen LogP contribution in [-0.4, -0.2) is 54.6 Å². The third kappa shape index (κ3) is 3.72. The van der Waals surface area contributed by atoms with Crippen molar-refractivity contribution in [2.45, 2.75) is 57.2 Å². The molecule has 3 heteroatoms. The minimum atomic E-state index is 0.798. The average Bonchev–Trinajstić information content (AvgIpc) is 3.47. The third-order valence-electron chi connectivity index (χ3n) is 7.54. The Kier molecular flexibility index (Phi) is 5.04. The number of nitrogens with one attached hydrogen (secondary N) is 1. The Hall–Kier alpha value is -0.900. The molecule has 1 aromatic rings. The van der Waals surface area contributed by atoms with Gasteiger partial charge in [-0.3, -0.25) is 9.80 Å². The van der Waals surface area contributed by atoms with Gasteiger partial charge in [-0.1, -0.05) is 30.3 Å². The zero-order valence-corrected chi connectivity index (χ0v) is 16.2. The van der Waals surface area contributed by atoms with Crippen LogP contribution >= 0.6 is 0 Å². The Morgan fingerprint density at radius 1 is 0.885 bits per heavy atom. The fourth-order valence-corrected chi connectivity index (χ4v) is 5.99. The number of fused-ring (bicyclic) bond motifs is 2. The highest BCUT2D eigenvalue weighted by molar-refractivity contribution is 5.14. The predicted molar refractivity (Wildman–Crippen MR) is 107 cm³/mol. The lowest BCUT2D eigenvalue weighted by molar-refractivity contribution is 0.0414. The average molecular weight is 354 g/mol. The summed E-state index contributed by atoms with van der Waals surface area (Å²) < 4.78 is 0. The summed E-state index contributed by atoms with van der Waals surface area (Å²) in [6, 6.07) is 12.8. The molecule has 3 atom stereocenters. The van der Waals surface area contributed by atoms with Crippen LogP contribution in [0.25, 0.3) is 0 Å². The van der Waals surface area contributed by atoms with E-state index in [9.17, 15) is 0 Å². The Morgan fingerprint density at radius 3 is 2.23 bits per heavy atom. The van der Waals surface area contributed by atoms with Crippen LogP contribution in [0.2, 0.25) is 0 Å². The van der Waals surface area contributed by atoms with E-state index in [0.29, 0.717) is 0 Å². The quantitative estimate of drug-likeness (QED) is 0.846. The standard InChI is InChI=1S/C23H35N3/c1-2-4-18(5-3-1)16-26(17-19-6-7-19)22-10-12-25(13-11-22)23-20-8-9-21(23)15-24-14-20/h1-5,19-24H,6-17H2/t20-,21+,23?. The summed E-state index contributed by atoms with van der Waals surface area (Å²) >= 11 is 0.